The van der Waals surface area contributed by atoms with Gasteiger partial charge in [0.15, 0.2) is 11.5 Å². The molecule has 9 heteroatoms. The highest BCUT2D eigenvalue weighted by Gasteiger charge is 2.17. The van der Waals surface area contributed by atoms with Gasteiger partial charge in [-0.1, -0.05) is 0 Å². The Balaban J connectivity index is 1.25. The number of amides is 2. The molecule has 0 spiro atoms. The third-order valence-electron chi connectivity index (χ3n) is 4.68. The Morgan fingerprint density at radius 1 is 1.03 bits per heavy atom. The van der Waals surface area contributed by atoms with Crippen molar-refractivity contribution in [2.24, 2.45) is 0 Å². The van der Waals surface area contributed by atoms with Crippen molar-refractivity contribution < 1.29 is 23.8 Å². The molecular weight excluding hydrogens is 376 g/mol. The standard InChI is InChI=1S/C20H22N4O5/c25-19(12-23-20(26)15-1-2-16-17(10-15)29-13-28-16)22-11-14-3-4-21-18(9-14)24-5-7-27-8-6-24/h1-4,9-10H,5-8,11-13H2,(H,22,25)(H,23,26). The molecule has 0 radical (unpaired) electrons. The molecule has 0 unspecified atom stereocenters. The second-order valence-electron chi connectivity index (χ2n) is 6.65. The Morgan fingerprint density at radius 2 is 1.86 bits per heavy atom. The van der Waals surface area contributed by atoms with Gasteiger partial charge >= 0.3 is 0 Å². The zero-order valence-electron chi connectivity index (χ0n) is 15.8. The molecule has 0 atom stereocenters. The van der Waals surface area contributed by atoms with E-state index in [1.54, 1.807) is 24.4 Å². The second kappa shape index (κ2) is 8.78. The van der Waals surface area contributed by atoms with E-state index in [0.29, 0.717) is 36.8 Å². The van der Waals surface area contributed by atoms with Gasteiger partial charge in [0.05, 0.1) is 19.8 Å². The molecule has 1 fully saturated rings. The number of morpholine rings is 1. The van der Waals surface area contributed by atoms with Gasteiger partial charge < -0.3 is 29.7 Å². The number of anilines is 1. The van der Waals surface area contributed by atoms with Crippen LogP contribution in [0, 0.1) is 0 Å². The monoisotopic (exact) mass is 398 g/mol. The molecule has 4 rings (SSSR count). The topological polar surface area (TPSA) is 102 Å². The Labute approximate surface area is 168 Å². The van der Waals surface area contributed by atoms with Crippen LogP contribution in [0.5, 0.6) is 11.5 Å². The van der Waals surface area contributed by atoms with E-state index in [1.165, 1.54) is 0 Å². The van der Waals surface area contributed by atoms with E-state index in [1.807, 2.05) is 12.1 Å². The van der Waals surface area contributed by atoms with Crippen LogP contribution in [0.15, 0.2) is 36.5 Å². The highest BCUT2D eigenvalue weighted by molar-refractivity contribution is 5.97. The minimum Gasteiger partial charge on any atom is -0.454 e. The highest BCUT2D eigenvalue weighted by atomic mass is 16.7. The molecule has 3 heterocycles. The van der Waals surface area contributed by atoms with Crippen LogP contribution in [-0.4, -0.2) is 56.4 Å². The minimum atomic E-state index is -0.350. The molecule has 1 aromatic carbocycles. The predicted molar refractivity (Wildman–Crippen MR) is 104 cm³/mol. The maximum absolute atomic E-state index is 12.2. The molecule has 0 aliphatic carbocycles. The Bertz CT molecular complexity index is 898. The maximum atomic E-state index is 12.2. The van der Waals surface area contributed by atoms with Crippen molar-refractivity contribution in [3.63, 3.8) is 0 Å². The third kappa shape index (κ3) is 4.75. The molecule has 2 N–H and O–H groups in total. The number of benzene rings is 1. The lowest BCUT2D eigenvalue weighted by molar-refractivity contribution is -0.120. The van der Waals surface area contributed by atoms with E-state index in [2.05, 4.69) is 20.5 Å². The fourth-order valence-corrected chi connectivity index (χ4v) is 3.10. The van der Waals surface area contributed by atoms with Crippen molar-refractivity contribution in [3.8, 4) is 11.5 Å². The molecule has 2 aliphatic rings. The van der Waals surface area contributed by atoms with Gasteiger partial charge in [0.25, 0.3) is 5.91 Å². The quantitative estimate of drug-likeness (QED) is 0.738. The molecule has 1 saturated heterocycles. The van der Waals surface area contributed by atoms with Gasteiger partial charge in [0.1, 0.15) is 5.82 Å². The van der Waals surface area contributed by atoms with Gasteiger partial charge in [-0.15, -0.1) is 0 Å². The number of hydrogen-bond acceptors (Lipinski definition) is 7. The molecule has 9 nitrogen and oxygen atoms in total. The van der Waals surface area contributed by atoms with Gasteiger partial charge in [-0.2, -0.15) is 0 Å². The molecule has 29 heavy (non-hydrogen) atoms. The van der Waals surface area contributed by atoms with E-state index in [4.69, 9.17) is 14.2 Å². The summed E-state index contributed by atoms with van der Waals surface area (Å²) in [6.07, 6.45) is 1.73. The first kappa shape index (κ1) is 19.0. The number of carbonyl (C=O) groups excluding carboxylic acids is 2. The molecule has 2 aromatic rings. The summed E-state index contributed by atoms with van der Waals surface area (Å²) in [5.74, 6) is 1.38. The fraction of sp³-hybridized carbons (Fsp3) is 0.350. The number of nitrogens with zero attached hydrogens (tertiary/aromatic N) is 2. The average Bonchev–Trinajstić information content (AvgIpc) is 3.25. The van der Waals surface area contributed by atoms with Crippen LogP contribution >= 0.6 is 0 Å². The highest BCUT2D eigenvalue weighted by Crippen LogP contribution is 2.32. The molecule has 1 aromatic heterocycles. The van der Waals surface area contributed by atoms with Crippen molar-refractivity contribution in [2.45, 2.75) is 6.54 Å². The average molecular weight is 398 g/mol. The molecule has 2 aliphatic heterocycles. The van der Waals surface area contributed by atoms with E-state index in [9.17, 15) is 9.59 Å². The maximum Gasteiger partial charge on any atom is 0.251 e. The lowest BCUT2D eigenvalue weighted by Gasteiger charge is -2.28. The summed E-state index contributed by atoms with van der Waals surface area (Å²) in [5.41, 5.74) is 1.35. The van der Waals surface area contributed by atoms with Gasteiger partial charge in [0.2, 0.25) is 12.7 Å². The van der Waals surface area contributed by atoms with Crippen molar-refractivity contribution in [1.82, 2.24) is 15.6 Å². The summed E-state index contributed by atoms with van der Waals surface area (Å²) in [7, 11) is 0. The van der Waals surface area contributed by atoms with Crippen molar-refractivity contribution in [2.75, 3.05) is 44.5 Å². The van der Waals surface area contributed by atoms with Crippen molar-refractivity contribution >= 4 is 17.6 Å². The van der Waals surface area contributed by atoms with Crippen molar-refractivity contribution in [3.05, 3.63) is 47.7 Å². The zero-order chi connectivity index (χ0) is 20.1. The van der Waals surface area contributed by atoms with Crippen LogP contribution in [-0.2, 0) is 16.1 Å². The van der Waals surface area contributed by atoms with Gasteiger partial charge in [0, 0.05) is 31.4 Å². The normalized spacial score (nSPS) is 15.1. The summed E-state index contributed by atoms with van der Waals surface area (Å²) in [5, 5.41) is 5.42. The van der Waals surface area contributed by atoms with E-state index in [0.717, 1.165) is 24.5 Å². The Hall–Kier alpha value is -3.33. The predicted octanol–water partition coefficient (Wildman–Crippen LogP) is 0.693. The van der Waals surface area contributed by atoms with E-state index >= 15 is 0 Å². The van der Waals surface area contributed by atoms with E-state index in [-0.39, 0.29) is 25.2 Å². The minimum absolute atomic E-state index is 0.116. The fourth-order valence-electron chi connectivity index (χ4n) is 3.10. The third-order valence-corrected chi connectivity index (χ3v) is 4.68. The van der Waals surface area contributed by atoms with Gasteiger partial charge in [-0.3, -0.25) is 9.59 Å². The molecule has 0 bridgehead atoms. The number of carbonyl (C=O) groups is 2. The Kier molecular flexibility index (Phi) is 5.76. The summed E-state index contributed by atoms with van der Waals surface area (Å²) in [6.45, 7) is 3.36. The van der Waals surface area contributed by atoms with Crippen LogP contribution in [0.25, 0.3) is 0 Å². The lowest BCUT2D eigenvalue weighted by atomic mass is 10.2. The number of pyridine rings is 1. The Morgan fingerprint density at radius 3 is 2.72 bits per heavy atom. The lowest BCUT2D eigenvalue weighted by Crippen LogP contribution is -2.37. The van der Waals surface area contributed by atoms with Gasteiger partial charge in [-0.25, -0.2) is 4.98 Å². The molecule has 0 saturated carbocycles. The van der Waals surface area contributed by atoms with Crippen LogP contribution in [0.4, 0.5) is 5.82 Å². The summed E-state index contributed by atoms with van der Waals surface area (Å²) in [4.78, 5) is 30.9. The SMILES string of the molecule is O=C(CNC(=O)c1ccc2c(c1)OCO2)NCc1ccnc(N2CCOCC2)c1. The van der Waals surface area contributed by atoms with Crippen LogP contribution in [0.1, 0.15) is 15.9 Å². The largest absolute Gasteiger partial charge is 0.454 e. The number of hydrogen-bond donors (Lipinski definition) is 2. The first-order valence-electron chi connectivity index (χ1n) is 9.41. The first-order chi connectivity index (χ1) is 14.2. The number of aromatic nitrogens is 1. The summed E-state index contributed by atoms with van der Waals surface area (Å²) in [6, 6.07) is 8.71. The number of rotatable bonds is 6. The smallest absolute Gasteiger partial charge is 0.251 e. The molecule has 152 valence electrons. The first-order valence-corrected chi connectivity index (χ1v) is 9.41. The number of fused-ring (bicyclic) bond motifs is 1. The van der Waals surface area contributed by atoms with Crippen LogP contribution in [0.3, 0.4) is 0 Å². The van der Waals surface area contributed by atoms with Crippen LogP contribution in [0.2, 0.25) is 0 Å². The second-order valence-corrected chi connectivity index (χ2v) is 6.65. The van der Waals surface area contributed by atoms with E-state index < -0.39 is 0 Å². The van der Waals surface area contributed by atoms with Crippen molar-refractivity contribution in [1.29, 1.82) is 0 Å². The zero-order valence-corrected chi connectivity index (χ0v) is 15.8. The number of nitrogens with one attached hydrogen (secondary N) is 2. The molecule has 2 amide bonds. The summed E-state index contributed by atoms with van der Waals surface area (Å²) >= 11 is 0. The molecular formula is C20H22N4O5. The summed E-state index contributed by atoms with van der Waals surface area (Å²) < 4.78 is 15.8. The van der Waals surface area contributed by atoms with Gasteiger partial charge in [-0.05, 0) is 35.9 Å². The number of ether oxygens (including phenoxy) is 3. The van der Waals surface area contributed by atoms with Crippen LogP contribution < -0.4 is 25.0 Å².